The number of carbonyl (C=O) groups is 2. The summed E-state index contributed by atoms with van der Waals surface area (Å²) in [6.07, 6.45) is -4.08. The van der Waals surface area contributed by atoms with E-state index in [1.807, 2.05) is 6.07 Å². The minimum absolute atomic E-state index is 0.00891. The first-order valence-electron chi connectivity index (χ1n) is 9.51. The van der Waals surface area contributed by atoms with Gasteiger partial charge in [0, 0.05) is 11.6 Å². The first-order valence-corrected chi connectivity index (χ1v) is 9.51. The van der Waals surface area contributed by atoms with Crippen LogP contribution in [0.5, 0.6) is 5.75 Å². The number of nitriles is 1. The van der Waals surface area contributed by atoms with Crippen LogP contribution >= 0.6 is 0 Å². The summed E-state index contributed by atoms with van der Waals surface area (Å²) in [5.41, 5.74) is -1.19. The highest BCUT2D eigenvalue weighted by Gasteiger charge is 2.41. The Morgan fingerprint density at radius 1 is 1.18 bits per heavy atom. The molecule has 0 aliphatic rings. The number of aromatic nitrogens is 2. The maximum Gasteiger partial charge on any atom is 0.434 e. The van der Waals surface area contributed by atoms with Gasteiger partial charge < -0.3 is 14.8 Å². The van der Waals surface area contributed by atoms with Crippen LogP contribution in [-0.2, 0) is 10.9 Å². The molecule has 3 aromatic rings. The van der Waals surface area contributed by atoms with Gasteiger partial charge in [0.05, 0.1) is 42.9 Å². The van der Waals surface area contributed by atoms with Gasteiger partial charge in [0.25, 0.3) is 5.91 Å². The van der Waals surface area contributed by atoms with Crippen molar-refractivity contribution in [1.82, 2.24) is 9.78 Å². The largest absolute Gasteiger partial charge is 0.495 e. The van der Waals surface area contributed by atoms with Gasteiger partial charge in [0.2, 0.25) is 0 Å². The highest BCUT2D eigenvalue weighted by Crippen LogP contribution is 2.34. The van der Waals surface area contributed by atoms with E-state index in [2.05, 4.69) is 15.2 Å². The van der Waals surface area contributed by atoms with Crippen LogP contribution in [0.25, 0.3) is 5.69 Å². The lowest BCUT2D eigenvalue weighted by molar-refractivity contribution is -0.143. The van der Waals surface area contributed by atoms with Crippen molar-refractivity contribution >= 4 is 17.6 Å². The molecule has 0 atom stereocenters. The molecule has 0 unspecified atom stereocenters. The second-order valence-corrected chi connectivity index (χ2v) is 6.56. The molecule has 0 radical (unpaired) electrons. The van der Waals surface area contributed by atoms with Gasteiger partial charge in [-0.3, -0.25) is 4.79 Å². The number of benzene rings is 2. The lowest BCUT2D eigenvalue weighted by Crippen LogP contribution is -2.18. The van der Waals surface area contributed by atoms with E-state index < -0.39 is 29.3 Å². The normalized spacial score (nSPS) is 10.9. The number of ether oxygens (including phenoxy) is 2. The van der Waals surface area contributed by atoms with Crippen LogP contribution in [0.3, 0.4) is 0 Å². The molecule has 11 heteroatoms. The van der Waals surface area contributed by atoms with Gasteiger partial charge >= 0.3 is 12.1 Å². The molecule has 0 bridgehead atoms. The van der Waals surface area contributed by atoms with E-state index in [0.717, 1.165) is 6.20 Å². The van der Waals surface area contributed by atoms with Crippen molar-refractivity contribution in [3.63, 3.8) is 0 Å². The molecule has 1 heterocycles. The standard InChI is InChI=1S/C22H17F3N4O4/c1-3-33-21(31)16-12-27-29(19(16)22(23,24)25)15-7-5-14(6-8-15)20(30)28-17-9-4-13(11-26)10-18(17)32-2/h4-10,12H,3H2,1-2H3,(H,28,30). The lowest BCUT2D eigenvalue weighted by atomic mass is 10.1. The summed E-state index contributed by atoms with van der Waals surface area (Å²) >= 11 is 0. The Morgan fingerprint density at radius 2 is 1.88 bits per heavy atom. The summed E-state index contributed by atoms with van der Waals surface area (Å²) in [6.45, 7) is 1.39. The number of methoxy groups -OCH3 is 1. The van der Waals surface area contributed by atoms with Crippen LogP contribution in [0.2, 0.25) is 0 Å². The Morgan fingerprint density at radius 3 is 2.45 bits per heavy atom. The minimum Gasteiger partial charge on any atom is -0.495 e. The van der Waals surface area contributed by atoms with Crippen molar-refractivity contribution in [3.05, 3.63) is 71.0 Å². The van der Waals surface area contributed by atoms with Crippen LogP contribution in [-0.4, -0.2) is 35.4 Å². The molecule has 0 spiro atoms. The molecule has 0 fully saturated rings. The number of esters is 1. The molecule has 1 amide bonds. The number of rotatable bonds is 6. The first kappa shape index (κ1) is 23.3. The van der Waals surface area contributed by atoms with E-state index in [-0.39, 0.29) is 23.6 Å². The quantitative estimate of drug-likeness (QED) is 0.555. The zero-order chi connectivity index (χ0) is 24.2. The first-order chi connectivity index (χ1) is 15.7. The number of halogens is 3. The van der Waals surface area contributed by atoms with Crippen molar-refractivity contribution in [2.45, 2.75) is 13.1 Å². The van der Waals surface area contributed by atoms with Crippen molar-refractivity contribution in [1.29, 1.82) is 5.26 Å². The molecule has 8 nitrogen and oxygen atoms in total. The van der Waals surface area contributed by atoms with E-state index in [0.29, 0.717) is 15.9 Å². The molecule has 33 heavy (non-hydrogen) atoms. The lowest BCUT2D eigenvalue weighted by Gasteiger charge is -2.13. The molecule has 0 aliphatic carbocycles. The van der Waals surface area contributed by atoms with Gasteiger partial charge in [-0.1, -0.05) is 0 Å². The average molecular weight is 458 g/mol. The topological polar surface area (TPSA) is 106 Å². The van der Waals surface area contributed by atoms with Crippen molar-refractivity contribution in [2.75, 3.05) is 19.0 Å². The van der Waals surface area contributed by atoms with Crippen molar-refractivity contribution in [2.24, 2.45) is 0 Å². The van der Waals surface area contributed by atoms with E-state index in [1.54, 1.807) is 0 Å². The molecule has 1 aromatic heterocycles. The fourth-order valence-corrected chi connectivity index (χ4v) is 2.99. The maximum absolute atomic E-state index is 13.6. The van der Waals surface area contributed by atoms with Crippen LogP contribution in [0.4, 0.5) is 18.9 Å². The monoisotopic (exact) mass is 458 g/mol. The predicted octanol–water partition coefficient (Wildman–Crippen LogP) is 4.20. The van der Waals surface area contributed by atoms with E-state index in [4.69, 9.17) is 10.00 Å². The number of hydrogen-bond donors (Lipinski definition) is 1. The number of hydrogen-bond acceptors (Lipinski definition) is 6. The molecule has 1 N–H and O–H groups in total. The Balaban J connectivity index is 1.89. The Labute approximate surface area is 186 Å². The summed E-state index contributed by atoms with van der Waals surface area (Å²) in [5, 5.41) is 15.3. The van der Waals surface area contributed by atoms with Gasteiger partial charge in [-0.2, -0.15) is 23.5 Å². The molecule has 0 aliphatic heterocycles. The van der Waals surface area contributed by atoms with Gasteiger partial charge in [-0.15, -0.1) is 0 Å². The van der Waals surface area contributed by atoms with Crippen LogP contribution < -0.4 is 10.1 Å². The molecule has 0 saturated heterocycles. The Bertz CT molecular complexity index is 1230. The van der Waals surface area contributed by atoms with Gasteiger partial charge in [-0.05, 0) is 43.3 Å². The zero-order valence-electron chi connectivity index (χ0n) is 17.4. The van der Waals surface area contributed by atoms with E-state index in [1.165, 1.54) is 56.5 Å². The van der Waals surface area contributed by atoms with Crippen LogP contribution in [0.1, 0.15) is 38.9 Å². The fourth-order valence-electron chi connectivity index (χ4n) is 2.99. The smallest absolute Gasteiger partial charge is 0.434 e. The number of carbonyl (C=O) groups excluding carboxylic acids is 2. The summed E-state index contributed by atoms with van der Waals surface area (Å²) in [6, 6.07) is 11.6. The van der Waals surface area contributed by atoms with Crippen molar-refractivity contribution < 1.29 is 32.2 Å². The summed E-state index contributed by atoms with van der Waals surface area (Å²) < 4.78 is 51.3. The molecular formula is C22H17F3N4O4. The maximum atomic E-state index is 13.6. The highest BCUT2D eigenvalue weighted by molar-refractivity contribution is 6.05. The van der Waals surface area contributed by atoms with Gasteiger partial charge in [0.15, 0.2) is 5.69 Å². The Kier molecular flexibility index (Phi) is 6.67. The van der Waals surface area contributed by atoms with Crippen LogP contribution in [0, 0.1) is 11.3 Å². The van der Waals surface area contributed by atoms with E-state index >= 15 is 0 Å². The minimum atomic E-state index is -4.87. The molecule has 170 valence electrons. The van der Waals surface area contributed by atoms with Crippen molar-refractivity contribution in [3.8, 4) is 17.5 Å². The predicted molar refractivity (Wildman–Crippen MR) is 110 cm³/mol. The fraction of sp³-hybridized carbons (Fsp3) is 0.182. The van der Waals surface area contributed by atoms with Crippen LogP contribution in [0.15, 0.2) is 48.7 Å². The number of nitrogens with zero attached hydrogens (tertiary/aromatic N) is 3. The summed E-state index contributed by atoms with van der Waals surface area (Å²) in [4.78, 5) is 24.5. The van der Waals surface area contributed by atoms with Gasteiger partial charge in [-0.25, -0.2) is 9.48 Å². The SMILES string of the molecule is CCOC(=O)c1cnn(-c2ccc(C(=O)Nc3ccc(C#N)cc3OC)cc2)c1C(F)(F)F. The molecule has 3 rings (SSSR count). The average Bonchev–Trinajstić information content (AvgIpc) is 3.25. The molecule has 2 aromatic carbocycles. The second-order valence-electron chi connectivity index (χ2n) is 6.56. The number of anilines is 1. The Hall–Kier alpha value is -4.33. The summed E-state index contributed by atoms with van der Waals surface area (Å²) in [5.74, 6) is -1.41. The van der Waals surface area contributed by atoms with E-state index in [9.17, 15) is 22.8 Å². The molecule has 0 saturated carbocycles. The second kappa shape index (κ2) is 9.44. The van der Waals surface area contributed by atoms with Gasteiger partial charge in [0.1, 0.15) is 11.3 Å². The number of alkyl halides is 3. The number of nitrogens with one attached hydrogen (secondary N) is 1. The summed E-state index contributed by atoms with van der Waals surface area (Å²) in [7, 11) is 1.38. The number of amides is 1. The third-order valence-corrected chi connectivity index (χ3v) is 4.49. The molecular weight excluding hydrogens is 441 g/mol. The highest BCUT2D eigenvalue weighted by atomic mass is 19.4. The zero-order valence-corrected chi connectivity index (χ0v) is 17.4. The third kappa shape index (κ3) is 4.95. The third-order valence-electron chi connectivity index (χ3n) is 4.49.